The fraction of sp³-hybridized carbons (Fsp3) is 0.0172. The highest BCUT2D eigenvalue weighted by Gasteiger charge is 2.46. The third-order valence-corrected chi connectivity index (χ3v) is 12.1. The second-order valence-corrected chi connectivity index (χ2v) is 15.7. The first-order valence-corrected chi connectivity index (χ1v) is 21.0. The molecular formula is C58H37N5. The van der Waals surface area contributed by atoms with Gasteiger partial charge in [-0.3, -0.25) is 4.98 Å². The van der Waals surface area contributed by atoms with Gasteiger partial charge >= 0.3 is 0 Å². The molecule has 0 unspecified atom stereocenters. The van der Waals surface area contributed by atoms with E-state index in [1.807, 2.05) is 91.1 Å². The van der Waals surface area contributed by atoms with E-state index >= 15 is 0 Å². The number of hydrogen-bond acceptors (Lipinski definition) is 5. The highest BCUT2D eigenvalue weighted by molar-refractivity contribution is 5.90. The number of nitrogens with zero attached hydrogens (tertiary/aromatic N) is 5. The lowest BCUT2D eigenvalue weighted by molar-refractivity contribution is 0.768. The van der Waals surface area contributed by atoms with Gasteiger partial charge in [-0.2, -0.15) is 5.26 Å². The van der Waals surface area contributed by atoms with Crippen molar-refractivity contribution < 1.29 is 0 Å². The van der Waals surface area contributed by atoms with Gasteiger partial charge in [0.05, 0.1) is 22.7 Å². The lowest BCUT2D eigenvalue weighted by Gasteiger charge is -2.34. The average molecular weight is 804 g/mol. The Hall–Kier alpha value is -8.59. The standard InChI is InChI=1S/C58H37N5/c59-38-39-24-30-50-51-31-29-44(37-53(51)58(52(50)33-39,48-19-9-3-10-20-48)49-21-11-4-12-22-49)46-34-45(40-25-27-41(28-26-40)54-23-13-14-32-60-54)35-47(36-46)57-62-55(42-15-5-1-6-16-42)61-56(63-57)43-17-7-2-8-18-43/h1-37H. The molecule has 1 aliphatic rings. The molecular weight excluding hydrogens is 767 g/mol. The number of nitriles is 1. The topological polar surface area (TPSA) is 75.3 Å². The Morgan fingerprint density at radius 3 is 1.37 bits per heavy atom. The monoisotopic (exact) mass is 803 g/mol. The molecule has 2 heterocycles. The zero-order valence-corrected chi connectivity index (χ0v) is 34.1. The SMILES string of the molecule is N#Cc1ccc2c(c1)C(c1ccccc1)(c1ccccc1)c1cc(-c3cc(-c4ccc(-c5ccccn5)cc4)cc(-c4nc(-c5ccccc5)nc(-c5ccccc5)n4)c3)ccc1-2. The quantitative estimate of drug-likeness (QED) is 0.153. The van der Waals surface area contributed by atoms with Crippen molar-refractivity contribution in [2.45, 2.75) is 5.41 Å². The third kappa shape index (κ3) is 6.68. The summed E-state index contributed by atoms with van der Waals surface area (Å²) in [5, 5.41) is 10.2. The van der Waals surface area contributed by atoms with Crippen molar-refractivity contribution in [3.8, 4) is 84.9 Å². The minimum atomic E-state index is -0.679. The molecule has 0 radical (unpaired) electrons. The van der Waals surface area contributed by atoms with E-state index in [0.717, 1.165) is 83.6 Å². The van der Waals surface area contributed by atoms with Crippen LogP contribution in [0.3, 0.4) is 0 Å². The molecule has 10 aromatic rings. The van der Waals surface area contributed by atoms with Crippen LogP contribution in [0.2, 0.25) is 0 Å². The van der Waals surface area contributed by atoms with Crippen molar-refractivity contribution in [1.29, 1.82) is 5.26 Å². The van der Waals surface area contributed by atoms with Crippen molar-refractivity contribution in [1.82, 2.24) is 19.9 Å². The molecule has 0 spiro atoms. The Kier molecular flexibility index (Phi) is 9.37. The zero-order chi connectivity index (χ0) is 42.2. The minimum absolute atomic E-state index is 0.580. The van der Waals surface area contributed by atoms with E-state index in [0.29, 0.717) is 23.0 Å². The van der Waals surface area contributed by atoms with E-state index in [1.165, 1.54) is 0 Å². The van der Waals surface area contributed by atoms with E-state index < -0.39 is 5.41 Å². The van der Waals surface area contributed by atoms with E-state index in [2.05, 4.69) is 145 Å². The first-order chi connectivity index (χ1) is 31.2. The Balaban J connectivity index is 1.15. The van der Waals surface area contributed by atoms with Crippen LogP contribution >= 0.6 is 0 Å². The molecule has 0 atom stereocenters. The Bertz CT molecular complexity index is 3210. The molecule has 63 heavy (non-hydrogen) atoms. The molecule has 8 aromatic carbocycles. The molecule has 1 aliphatic carbocycles. The summed E-state index contributed by atoms with van der Waals surface area (Å²) in [4.78, 5) is 19.9. The molecule has 0 saturated heterocycles. The van der Waals surface area contributed by atoms with Crippen LogP contribution < -0.4 is 0 Å². The summed E-state index contributed by atoms with van der Waals surface area (Å²) in [5.41, 5.74) is 15.6. The summed E-state index contributed by atoms with van der Waals surface area (Å²) in [6.07, 6.45) is 1.82. The molecule has 0 saturated carbocycles. The largest absolute Gasteiger partial charge is 0.256 e. The van der Waals surface area contributed by atoms with Gasteiger partial charge in [0.15, 0.2) is 17.5 Å². The van der Waals surface area contributed by atoms with Gasteiger partial charge in [0.2, 0.25) is 0 Å². The van der Waals surface area contributed by atoms with Crippen molar-refractivity contribution in [2.24, 2.45) is 0 Å². The smallest absolute Gasteiger partial charge is 0.164 e. The first kappa shape index (κ1) is 37.4. The summed E-state index contributed by atoms with van der Waals surface area (Å²) in [6.45, 7) is 0. The molecule has 2 aromatic heterocycles. The number of fused-ring (bicyclic) bond motifs is 3. The summed E-state index contributed by atoms with van der Waals surface area (Å²) in [6, 6.07) is 78.1. The Morgan fingerprint density at radius 2 is 0.810 bits per heavy atom. The predicted octanol–water partition coefficient (Wildman–Crippen LogP) is 13.5. The highest BCUT2D eigenvalue weighted by Crippen LogP contribution is 2.57. The zero-order valence-electron chi connectivity index (χ0n) is 34.1. The summed E-state index contributed by atoms with van der Waals surface area (Å²) < 4.78 is 0. The molecule has 0 aliphatic heterocycles. The van der Waals surface area contributed by atoms with Crippen LogP contribution in [0.15, 0.2) is 225 Å². The molecule has 294 valence electrons. The summed E-state index contributed by atoms with van der Waals surface area (Å²) >= 11 is 0. The van der Waals surface area contributed by atoms with Crippen LogP contribution in [-0.2, 0) is 5.41 Å². The number of aromatic nitrogens is 4. The van der Waals surface area contributed by atoms with Crippen LogP contribution in [0.5, 0.6) is 0 Å². The van der Waals surface area contributed by atoms with Crippen molar-refractivity contribution >= 4 is 0 Å². The number of hydrogen-bond donors (Lipinski definition) is 0. The van der Waals surface area contributed by atoms with Crippen molar-refractivity contribution in [3.05, 3.63) is 252 Å². The summed E-state index contributed by atoms with van der Waals surface area (Å²) in [7, 11) is 0. The van der Waals surface area contributed by atoms with E-state index in [1.54, 1.807) is 0 Å². The van der Waals surface area contributed by atoms with Gasteiger partial charge in [0.25, 0.3) is 0 Å². The number of pyridine rings is 1. The van der Waals surface area contributed by atoms with Crippen LogP contribution in [0, 0.1) is 11.3 Å². The minimum Gasteiger partial charge on any atom is -0.256 e. The predicted molar refractivity (Wildman–Crippen MR) is 252 cm³/mol. The highest BCUT2D eigenvalue weighted by atomic mass is 15.0. The van der Waals surface area contributed by atoms with Crippen molar-refractivity contribution in [3.63, 3.8) is 0 Å². The molecule has 11 rings (SSSR count). The van der Waals surface area contributed by atoms with Gasteiger partial charge in [0.1, 0.15) is 0 Å². The molecule has 0 N–H and O–H groups in total. The van der Waals surface area contributed by atoms with Gasteiger partial charge < -0.3 is 0 Å². The Morgan fingerprint density at radius 1 is 0.349 bits per heavy atom. The molecule has 5 heteroatoms. The second-order valence-electron chi connectivity index (χ2n) is 15.7. The lowest BCUT2D eigenvalue weighted by Crippen LogP contribution is -2.28. The van der Waals surface area contributed by atoms with Gasteiger partial charge in [-0.05, 0) is 104 Å². The van der Waals surface area contributed by atoms with Crippen LogP contribution in [0.1, 0.15) is 27.8 Å². The van der Waals surface area contributed by atoms with Gasteiger partial charge in [-0.15, -0.1) is 0 Å². The van der Waals surface area contributed by atoms with E-state index in [-0.39, 0.29) is 0 Å². The average Bonchev–Trinajstić information content (AvgIpc) is 3.67. The normalized spacial score (nSPS) is 12.2. The van der Waals surface area contributed by atoms with E-state index in [4.69, 9.17) is 15.0 Å². The maximum Gasteiger partial charge on any atom is 0.164 e. The Labute approximate surface area is 366 Å². The summed E-state index contributed by atoms with van der Waals surface area (Å²) in [5.74, 6) is 1.79. The van der Waals surface area contributed by atoms with Gasteiger partial charge in [-0.25, -0.2) is 15.0 Å². The lowest BCUT2D eigenvalue weighted by atomic mass is 9.67. The maximum absolute atomic E-state index is 10.2. The van der Waals surface area contributed by atoms with Crippen LogP contribution in [0.25, 0.3) is 78.8 Å². The van der Waals surface area contributed by atoms with Gasteiger partial charge in [0, 0.05) is 28.5 Å². The second kappa shape index (κ2) is 15.8. The molecule has 0 bridgehead atoms. The fourth-order valence-electron chi connectivity index (χ4n) is 9.13. The van der Waals surface area contributed by atoms with Crippen LogP contribution in [0.4, 0.5) is 0 Å². The first-order valence-electron chi connectivity index (χ1n) is 21.0. The van der Waals surface area contributed by atoms with Crippen molar-refractivity contribution in [2.75, 3.05) is 0 Å². The fourth-order valence-corrected chi connectivity index (χ4v) is 9.13. The number of rotatable bonds is 8. The van der Waals surface area contributed by atoms with Crippen LogP contribution in [-0.4, -0.2) is 19.9 Å². The molecule has 0 amide bonds. The maximum atomic E-state index is 10.2. The number of benzene rings is 8. The molecule has 0 fully saturated rings. The van der Waals surface area contributed by atoms with Gasteiger partial charge in [-0.1, -0.05) is 170 Å². The third-order valence-electron chi connectivity index (χ3n) is 12.1. The van der Waals surface area contributed by atoms with E-state index in [9.17, 15) is 5.26 Å². The molecule has 5 nitrogen and oxygen atoms in total.